The van der Waals surface area contributed by atoms with E-state index >= 15 is 0 Å². The zero-order chi connectivity index (χ0) is 21.5. The van der Waals surface area contributed by atoms with E-state index in [1.54, 1.807) is 36.7 Å². The van der Waals surface area contributed by atoms with E-state index in [0.717, 1.165) is 41.3 Å². The van der Waals surface area contributed by atoms with Crippen LogP contribution in [0.15, 0.2) is 60.0 Å². The molecule has 1 atom stereocenters. The summed E-state index contributed by atoms with van der Waals surface area (Å²) in [5.41, 5.74) is 4.03. The van der Waals surface area contributed by atoms with Gasteiger partial charge in [-0.1, -0.05) is 6.07 Å². The highest BCUT2D eigenvalue weighted by Gasteiger charge is 2.33. The van der Waals surface area contributed by atoms with Gasteiger partial charge in [-0.3, -0.25) is 14.8 Å². The highest BCUT2D eigenvalue weighted by Crippen LogP contribution is 2.34. The Bertz CT molecular complexity index is 1070. The lowest BCUT2D eigenvalue weighted by atomic mass is 9.97. The van der Waals surface area contributed by atoms with Crippen molar-refractivity contribution in [3.8, 4) is 5.75 Å². The average molecular weight is 406 g/mol. The van der Waals surface area contributed by atoms with Crippen LogP contribution in [0, 0.1) is 0 Å². The number of aldehydes is 1. The highest BCUT2D eigenvalue weighted by atomic mass is 16.3. The van der Waals surface area contributed by atoms with E-state index in [1.807, 2.05) is 18.2 Å². The van der Waals surface area contributed by atoms with Gasteiger partial charge < -0.3 is 15.0 Å². The number of hydrogen-bond acceptors (Lipinski definition) is 7. The molecule has 1 amide bonds. The second-order valence-corrected chi connectivity index (χ2v) is 6.56. The Morgan fingerprint density at radius 2 is 1.80 bits per heavy atom. The molecule has 0 bridgehead atoms. The zero-order valence-electron chi connectivity index (χ0n) is 16.5. The molecule has 30 heavy (non-hydrogen) atoms. The average Bonchev–Trinajstić information content (AvgIpc) is 3.24. The van der Waals surface area contributed by atoms with Crippen LogP contribution in [0.4, 0.5) is 0 Å². The predicted octanol–water partition coefficient (Wildman–Crippen LogP) is 2.60. The van der Waals surface area contributed by atoms with Crippen molar-refractivity contribution in [2.75, 3.05) is 7.11 Å². The van der Waals surface area contributed by atoms with E-state index in [-0.39, 0.29) is 30.5 Å². The largest absolute Gasteiger partial charge is 0.508 e. The van der Waals surface area contributed by atoms with E-state index in [1.165, 1.54) is 5.01 Å². The summed E-state index contributed by atoms with van der Waals surface area (Å²) in [5, 5.41) is 22.5. The predicted molar refractivity (Wildman–Crippen MR) is 112 cm³/mol. The molecule has 1 aromatic heterocycles. The Morgan fingerprint density at radius 3 is 2.50 bits per heavy atom. The highest BCUT2D eigenvalue weighted by molar-refractivity contribution is 6.03. The molecule has 4 rings (SSSR count). The number of hydrogen-bond donors (Lipinski definition) is 2. The smallest absolute Gasteiger partial charge is 0.243 e. The van der Waals surface area contributed by atoms with E-state index in [0.29, 0.717) is 6.42 Å². The van der Waals surface area contributed by atoms with Crippen LogP contribution in [-0.2, 0) is 9.59 Å². The fourth-order valence-corrected chi connectivity index (χ4v) is 3.31. The summed E-state index contributed by atoms with van der Waals surface area (Å²) in [6, 6.07) is 12.2. The minimum absolute atomic E-state index is 0.111. The van der Waals surface area contributed by atoms with E-state index < -0.39 is 0 Å². The fourth-order valence-electron chi connectivity index (χ4n) is 3.31. The summed E-state index contributed by atoms with van der Waals surface area (Å²) in [5.74, 6) is -0.0314. The summed E-state index contributed by atoms with van der Waals surface area (Å²) in [4.78, 5) is 32.0. The number of hydrazone groups is 1. The van der Waals surface area contributed by atoms with Crippen LogP contribution >= 0.6 is 0 Å². The van der Waals surface area contributed by atoms with E-state index in [4.69, 9.17) is 5.11 Å². The first-order chi connectivity index (χ1) is 14.7. The van der Waals surface area contributed by atoms with Crippen LogP contribution in [0.2, 0.25) is 0 Å². The minimum Gasteiger partial charge on any atom is -0.508 e. The van der Waals surface area contributed by atoms with Crippen LogP contribution in [0.5, 0.6) is 5.75 Å². The summed E-state index contributed by atoms with van der Waals surface area (Å²) in [6.07, 6.45) is 4.81. The van der Waals surface area contributed by atoms with Gasteiger partial charge >= 0.3 is 0 Å². The molecule has 154 valence electrons. The molecule has 2 heterocycles. The molecule has 8 nitrogen and oxygen atoms in total. The topological polar surface area (TPSA) is 116 Å². The summed E-state index contributed by atoms with van der Waals surface area (Å²) < 4.78 is 0. The zero-order valence-corrected chi connectivity index (χ0v) is 16.5. The van der Waals surface area contributed by atoms with Gasteiger partial charge in [-0.05, 0) is 47.5 Å². The minimum atomic E-state index is -0.283. The van der Waals surface area contributed by atoms with Gasteiger partial charge in [-0.25, -0.2) is 5.01 Å². The first kappa shape index (κ1) is 21.1. The lowest BCUT2D eigenvalue weighted by molar-refractivity contribution is -0.133. The molecule has 8 heteroatoms. The van der Waals surface area contributed by atoms with Crippen LogP contribution < -0.4 is 0 Å². The summed E-state index contributed by atoms with van der Waals surface area (Å²) in [7, 11) is 1.00. The Labute approximate surface area is 173 Å². The van der Waals surface area contributed by atoms with Gasteiger partial charge in [0.25, 0.3) is 0 Å². The van der Waals surface area contributed by atoms with Crippen molar-refractivity contribution >= 4 is 28.9 Å². The normalized spacial score (nSPS) is 15.3. The third-order valence-electron chi connectivity index (χ3n) is 4.72. The van der Waals surface area contributed by atoms with Crippen LogP contribution in [0.25, 0.3) is 11.0 Å². The first-order valence-electron chi connectivity index (χ1n) is 9.43. The number of rotatable bonds is 5. The monoisotopic (exact) mass is 406 g/mol. The van der Waals surface area contributed by atoms with Crippen molar-refractivity contribution in [2.24, 2.45) is 5.10 Å². The van der Waals surface area contributed by atoms with Crippen molar-refractivity contribution in [1.29, 1.82) is 0 Å². The summed E-state index contributed by atoms with van der Waals surface area (Å²) >= 11 is 0. The van der Waals surface area contributed by atoms with Crippen molar-refractivity contribution in [3.05, 3.63) is 66.0 Å². The van der Waals surface area contributed by atoms with E-state index in [2.05, 4.69) is 15.1 Å². The Balaban J connectivity index is 0.00000124. The molecule has 2 aromatic carbocycles. The van der Waals surface area contributed by atoms with Gasteiger partial charge in [0, 0.05) is 38.8 Å². The molecule has 1 aliphatic heterocycles. The van der Waals surface area contributed by atoms with Crippen molar-refractivity contribution in [2.45, 2.75) is 25.3 Å². The van der Waals surface area contributed by atoms with Crippen molar-refractivity contribution < 1.29 is 19.8 Å². The molecular weight excluding hydrogens is 384 g/mol. The van der Waals surface area contributed by atoms with Gasteiger partial charge in [-0.2, -0.15) is 5.10 Å². The number of carbonyl (C=O) groups is 2. The Kier molecular flexibility index (Phi) is 6.82. The summed E-state index contributed by atoms with van der Waals surface area (Å²) in [6.45, 7) is 0. The lowest BCUT2D eigenvalue weighted by Crippen LogP contribution is -2.26. The number of carbonyl (C=O) groups excluding carboxylic acids is 2. The van der Waals surface area contributed by atoms with Gasteiger partial charge in [0.05, 0.1) is 22.8 Å². The van der Waals surface area contributed by atoms with Crippen molar-refractivity contribution in [1.82, 2.24) is 15.0 Å². The fraction of sp³-hybridized carbons (Fsp3) is 0.227. The van der Waals surface area contributed by atoms with Crippen molar-refractivity contribution in [3.63, 3.8) is 0 Å². The Morgan fingerprint density at radius 1 is 1.10 bits per heavy atom. The second-order valence-electron chi connectivity index (χ2n) is 6.56. The molecule has 3 aromatic rings. The molecule has 0 saturated carbocycles. The molecule has 0 spiro atoms. The Hall–Kier alpha value is -3.65. The first-order valence-corrected chi connectivity index (χ1v) is 9.43. The maximum atomic E-state index is 12.7. The van der Waals surface area contributed by atoms with Gasteiger partial charge in [0.15, 0.2) is 0 Å². The molecule has 0 radical (unpaired) electrons. The number of phenols is 1. The van der Waals surface area contributed by atoms with E-state index in [9.17, 15) is 14.7 Å². The standard InChI is InChI=1S/C21H18N4O3.CH4O/c26-11-1-2-21(28)25-20(13-18(24-25)14-3-6-16(27)7-4-14)15-5-8-17-19(12-15)23-10-9-22-17;1-2/h3-12,20,27H,1-2,13H2;2H,1H3. The third kappa shape index (κ3) is 4.49. The van der Waals surface area contributed by atoms with Crippen LogP contribution in [0.1, 0.15) is 36.4 Å². The van der Waals surface area contributed by atoms with Gasteiger partial charge in [-0.15, -0.1) is 0 Å². The number of aromatic nitrogens is 2. The third-order valence-corrected chi connectivity index (χ3v) is 4.72. The molecule has 1 unspecified atom stereocenters. The van der Waals surface area contributed by atoms with Crippen LogP contribution in [-0.4, -0.2) is 50.2 Å². The second kappa shape index (κ2) is 9.71. The quantitative estimate of drug-likeness (QED) is 0.629. The SMILES string of the molecule is CO.O=CCCC(=O)N1N=C(c2ccc(O)cc2)CC1c1ccc2nccnc2c1. The number of amides is 1. The number of aliphatic hydroxyl groups excluding tert-OH is 1. The molecule has 0 fully saturated rings. The molecular formula is C22H22N4O4. The molecule has 0 saturated heterocycles. The number of nitrogens with zero attached hydrogens (tertiary/aromatic N) is 4. The number of phenolic OH excluding ortho intramolecular Hbond substituents is 1. The molecule has 2 N–H and O–H groups in total. The van der Waals surface area contributed by atoms with Gasteiger partial charge in [0.2, 0.25) is 5.91 Å². The molecule has 1 aliphatic rings. The number of aromatic hydroxyl groups is 1. The number of benzene rings is 2. The number of fused-ring (bicyclic) bond motifs is 1. The maximum Gasteiger partial charge on any atom is 0.243 e. The number of aliphatic hydroxyl groups is 1. The molecule has 0 aliphatic carbocycles. The van der Waals surface area contributed by atoms with Crippen LogP contribution in [0.3, 0.4) is 0 Å². The van der Waals surface area contributed by atoms with Gasteiger partial charge in [0.1, 0.15) is 12.0 Å². The maximum absolute atomic E-state index is 12.7. The lowest BCUT2D eigenvalue weighted by Gasteiger charge is -2.22.